The molecule has 1 fully saturated rings. The summed E-state index contributed by atoms with van der Waals surface area (Å²) in [5, 5.41) is 2.33. The van der Waals surface area contributed by atoms with E-state index in [1.807, 2.05) is 19.9 Å². The van der Waals surface area contributed by atoms with Crippen LogP contribution in [0.3, 0.4) is 0 Å². The number of benzene rings is 1. The Morgan fingerprint density at radius 1 is 1.21 bits per heavy atom. The lowest BCUT2D eigenvalue weighted by Gasteiger charge is -2.41. The molecule has 3 atom stereocenters. The van der Waals surface area contributed by atoms with Crippen LogP contribution in [-0.2, 0) is 19.7 Å². The van der Waals surface area contributed by atoms with E-state index >= 15 is 0 Å². The summed E-state index contributed by atoms with van der Waals surface area (Å²) in [6, 6.07) is 4.51. The number of carbonyl (C=O) groups is 3. The summed E-state index contributed by atoms with van der Waals surface area (Å²) < 4.78 is 11.6. The number of nitrogens with one attached hydrogen (secondary N) is 1. The summed E-state index contributed by atoms with van der Waals surface area (Å²) in [7, 11) is 1.57. The first-order valence-corrected chi connectivity index (χ1v) is 14.1. The van der Waals surface area contributed by atoms with E-state index in [1.54, 1.807) is 51.6 Å². The van der Waals surface area contributed by atoms with Crippen LogP contribution in [-0.4, -0.2) is 45.9 Å². The summed E-state index contributed by atoms with van der Waals surface area (Å²) in [5.74, 6) is 3.94. The van der Waals surface area contributed by atoms with Gasteiger partial charge >= 0.3 is 5.97 Å². The van der Waals surface area contributed by atoms with Crippen molar-refractivity contribution in [1.29, 1.82) is 0 Å². The molecule has 0 aliphatic carbocycles. The third-order valence-corrected chi connectivity index (χ3v) is 7.71. The number of amides is 2. The van der Waals surface area contributed by atoms with Gasteiger partial charge in [-0.2, -0.15) is 0 Å². The number of methoxy groups -OCH3 is 1. The van der Waals surface area contributed by atoms with E-state index in [9.17, 15) is 14.4 Å². The van der Waals surface area contributed by atoms with E-state index in [-0.39, 0.29) is 17.8 Å². The van der Waals surface area contributed by atoms with Crippen molar-refractivity contribution in [2.75, 3.05) is 7.11 Å². The molecule has 39 heavy (non-hydrogen) atoms. The second-order valence-corrected chi connectivity index (χ2v) is 13.5. The van der Waals surface area contributed by atoms with E-state index in [4.69, 9.17) is 15.3 Å². The normalized spacial score (nSPS) is 21.7. The zero-order chi connectivity index (χ0) is 29.3. The van der Waals surface area contributed by atoms with Gasteiger partial charge in [0.05, 0.1) is 19.1 Å². The average molecular weight is 559 g/mol. The van der Waals surface area contributed by atoms with Gasteiger partial charge < -0.3 is 14.4 Å². The fourth-order valence-electron chi connectivity index (χ4n) is 5.42. The summed E-state index contributed by atoms with van der Waals surface area (Å²) in [6.07, 6.45) is 1.97. The van der Waals surface area contributed by atoms with Gasteiger partial charge in [0, 0.05) is 17.1 Å². The number of hydrazine groups is 1. The molecule has 2 amide bonds. The molecule has 1 aliphatic rings. The topological polar surface area (TPSA) is 124 Å². The Balaban J connectivity index is 2.30. The van der Waals surface area contributed by atoms with Gasteiger partial charge in [0.1, 0.15) is 21.9 Å². The fourth-order valence-corrected chi connectivity index (χ4v) is 6.22. The van der Waals surface area contributed by atoms with E-state index in [1.165, 1.54) is 16.2 Å². The Labute approximate surface area is 235 Å². The maximum absolute atomic E-state index is 14.6. The smallest absolute Gasteiger partial charge is 0.332 e. The lowest BCUT2D eigenvalue weighted by Crippen LogP contribution is -2.56. The highest BCUT2D eigenvalue weighted by Crippen LogP contribution is 2.52. The van der Waals surface area contributed by atoms with Gasteiger partial charge in [-0.25, -0.2) is 15.6 Å². The van der Waals surface area contributed by atoms with E-state index in [2.05, 4.69) is 31.2 Å². The molecule has 0 spiro atoms. The maximum atomic E-state index is 14.6. The van der Waals surface area contributed by atoms with Crippen LogP contribution >= 0.6 is 11.3 Å². The van der Waals surface area contributed by atoms with Crippen LogP contribution in [0.15, 0.2) is 29.8 Å². The first kappa shape index (κ1) is 30.6. The Hall–Kier alpha value is -2.98. The minimum absolute atomic E-state index is 0.00209. The number of thiazole rings is 1. The number of ether oxygens (including phenoxy) is 2. The molecule has 3 N–H and O–H groups in total. The quantitative estimate of drug-likeness (QED) is 0.217. The Morgan fingerprint density at radius 2 is 1.87 bits per heavy atom. The first-order chi connectivity index (χ1) is 18.1. The molecule has 1 aromatic heterocycles. The van der Waals surface area contributed by atoms with Crippen molar-refractivity contribution in [3.8, 4) is 5.75 Å². The summed E-state index contributed by atoms with van der Waals surface area (Å²) >= 11 is 1.32. The number of likely N-dealkylation sites (tertiary alicyclic amines) is 1. The Bertz CT molecular complexity index is 1200. The molecule has 2 heterocycles. The maximum Gasteiger partial charge on any atom is 0.332 e. The Kier molecular flexibility index (Phi) is 8.82. The predicted molar refractivity (Wildman–Crippen MR) is 151 cm³/mol. The van der Waals surface area contributed by atoms with Gasteiger partial charge in [0.25, 0.3) is 5.91 Å². The molecular weight excluding hydrogens is 516 g/mol. The molecule has 0 radical (unpaired) electrons. The second-order valence-electron chi connectivity index (χ2n) is 12.6. The molecule has 214 valence electrons. The van der Waals surface area contributed by atoms with Crippen LogP contribution in [0.4, 0.5) is 0 Å². The molecule has 3 rings (SSSR count). The van der Waals surface area contributed by atoms with Gasteiger partial charge in [-0.1, -0.05) is 40.7 Å². The molecule has 0 saturated carbocycles. The number of nitrogens with two attached hydrogens (primary N) is 1. The van der Waals surface area contributed by atoms with Gasteiger partial charge in [-0.3, -0.25) is 15.0 Å². The molecule has 2 aromatic rings. The van der Waals surface area contributed by atoms with Gasteiger partial charge in [-0.15, -0.1) is 11.3 Å². The highest BCUT2D eigenvalue weighted by atomic mass is 32.1. The number of esters is 1. The lowest BCUT2D eigenvalue weighted by molar-refractivity contribution is -0.168. The third kappa shape index (κ3) is 6.27. The summed E-state index contributed by atoms with van der Waals surface area (Å²) in [6.45, 7) is 15.5. The minimum Gasteiger partial charge on any atom is -0.496 e. The molecule has 1 saturated heterocycles. The van der Waals surface area contributed by atoms with Crippen molar-refractivity contribution in [2.45, 2.75) is 90.8 Å². The van der Waals surface area contributed by atoms with Crippen LogP contribution in [0.1, 0.15) is 95.2 Å². The molecular formula is C29H42N4O5S. The minimum atomic E-state index is -1.43. The van der Waals surface area contributed by atoms with Crippen molar-refractivity contribution in [3.63, 3.8) is 0 Å². The number of carbonyl (C=O) groups excluding carboxylic acids is 3. The third-order valence-electron chi connectivity index (χ3n) is 6.86. The van der Waals surface area contributed by atoms with Gasteiger partial charge in [0.15, 0.2) is 0 Å². The van der Waals surface area contributed by atoms with Crippen LogP contribution in [0.25, 0.3) is 0 Å². The number of nitrogens with zero attached hydrogens (tertiary/aromatic N) is 2. The van der Waals surface area contributed by atoms with Gasteiger partial charge in [0.2, 0.25) is 5.91 Å². The van der Waals surface area contributed by atoms with Crippen LogP contribution in [0.5, 0.6) is 5.75 Å². The summed E-state index contributed by atoms with van der Waals surface area (Å²) in [4.78, 5) is 47.9. The average Bonchev–Trinajstić information content (AvgIpc) is 3.47. The highest BCUT2D eigenvalue weighted by Gasteiger charge is 2.62. The number of hydrogen-bond donors (Lipinski definition) is 2. The second kappa shape index (κ2) is 11.3. The van der Waals surface area contributed by atoms with Crippen molar-refractivity contribution < 1.29 is 23.9 Å². The monoisotopic (exact) mass is 558 g/mol. The molecule has 1 aromatic carbocycles. The number of rotatable bonds is 7. The Morgan fingerprint density at radius 3 is 2.36 bits per heavy atom. The zero-order valence-electron chi connectivity index (χ0n) is 24.5. The molecule has 9 nitrogen and oxygen atoms in total. The molecule has 0 bridgehead atoms. The highest BCUT2D eigenvalue weighted by molar-refractivity contribution is 7.09. The lowest BCUT2D eigenvalue weighted by atomic mass is 9.83. The van der Waals surface area contributed by atoms with Crippen molar-refractivity contribution in [2.24, 2.45) is 17.7 Å². The first-order valence-electron chi connectivity index (χ1n) is 13.2. The van der Waals surface area contributed by atoms with Crippen LogP contribution < -0.4 is 16.0 Å². The summed E-state index contributed by atoms with van der Waals surface area (Å²) in [5.41, 5.74) is 1.08. The molecule has 10 heteroatoms. The van der Waals surface area contributed by atoms with Crippen LogP contribution in [0, 0.1) is 11.8 Å². The zero-order valence-corrected chi connectivity index (χ0v) is 25.3. The van der Waals surface area contributed by atoms with Gasteiger partial charge in [-0.05, 0) is 62.6 Å². The number of aromatic nitrogens is 1. The fraction of sp³-hybridized carbons (Fsp3) is 0.586. The predicted octanol–water partition coefficient (Wildman–Crippen LogP) is 4.77. The van der Waals surface area contributed by atoms with E-state index < -0.39 is 40.9 Å². The number of hydrogen-bond acceptors (Lipinski definition) is 8. The molecule has 1 aliphatic heterocycles. The van der Waals surface area contributed by atoms with Crippen molar-refractivity contribution in [3.05, 3.63) is 45.9 Å². The van der Waals surface area contributed by atoms with Crippen molar-refractivity contribution in [1.82, 2.24) is 15.3 Å². The van der Waals surface area contributed by atoms with E-state index in [0.29, 0.717) is 22.7 Å². The SMILES string of the molecule is COc1cc(C(=O)N2[C@@H](c3nccs3)C(C(=O)NN)C[C@@]2(CC(C)C)C(=O)OC(C)(C)C)ccc1C(C)(C)C. The van der Waals surface area contributed by atoms with Crippen LogP contribution in [0.2, 0.25) is 0 Å². The van der Waals surface area contributed by atoms with Crippen molar-refractivity contribution >= 4 is 29.1 Å². The van der Waals surface area contributed by atoms with E-state index in [0.717, 1.165) is 5.56 Å². The standard InChI is InChI=1S/C29H42N4O5S/c1-17(2)15-29(26(36)38-28(6,7)8)16-19(23(34)32-30)22(24-31-12-13-39-24)33(29)25(35)18-10-11-20(27(3,4)5)21(14-18)37-9/h10-14,17,19,22H,15-16,30H2,1-9H3,(H,32,34)/t19?,22-,29+/m1/s1. The largest absolute Gasteiger partial charge is 0.496 e. The molecule has 1 unspecified atom stereocenters.